The van der Waals surface area contributed by atoms with Crippen LogP contribution < -0.4 is 5.73 Å². The average Bonchev–Trinajstić information content (AvgIpc) is 2.78. The van der Waals surface area contributed by atoms with E-state index in [9.17, 15) is 4.39 Å². The second-order valence-corrected chi connectivity index (χ2v) is 6.84. The number of nitrogens with two attached hydrogens (primary N) is 1. The van der Waals surface area contributed by atoms with E-state index in [2.05, 4.69) is 14.8 Å². The summed E-state index contributed by atoms with van der Waals surface area (Å²) in [6, 6.07) is 6.82. The van der Waals surface area contributed by atoms with E-state index in [1.165, 1.54) is 22.6 Å². The molecular weight excluding hydrogens is 299 g/mol. The zero-order valence-corrected chi connectivity index (χ0v) is 13.4. The molecule has 1 aromatic heterocycles. The number of nitrogens with zero attached hydrogens (tertiary/aromatic N) is 3. The highest BCUT2D eigenvalue weighted by Gasteiger charge is 2.16. The van der Waals surface area contributed by atoms with Crippen molar-refractivity contribution in [3.63, 3.8) is 0 Å². The molecule has 0 radical (unpaired) electrons. The molecule has 0 unspecified atom stereocenters. The molecule has 22 heavy (non-hydrogen) atoms. The van der Waals surface area contributed by atoms with Crippen LogP contribution >= 0.6 is 11.3 Å². The molecule has 0 bridgehead atoms. The minimum Gasteiger partial charge on any atom is -0.375 e. The first-order valence-corrected chi connectivity index (χ1v) is 8.40. The van der Waals surface area contributed by atoms with Crippen LogP contribution in [0.5, 0.6) is 0 Å². The van der Waals surface area contributed by atoms with Crippen molar-refractivity contribution in [2.24, 2.45) is 0 Å². The summed E-state index contributed by atoms with van der Waals surface area (Å²) in [5.41, 5.74) is 6.86. The van der Waals surface area contributed by atoms with E-state index < -0.39 is 0 Å². The summed E-state index contributed by atoms with van der Waals surface area (Å²) in [5.74, 6) is -0.172. The van der Waals surface area contributed by atoms with Crippen molar-refractivity contribution in [2.45, 2.75) is 19.5 Å². The lowest BCUT2D eigenvalue weighted by atomic mass is 10.2. The second kappa shape index (κ2) is 7.17. The number of benzene rings is 1. The highest BCUT2D eigenvalue weighted by atomic mass is 32.1. The molecule has 0 saturated carbocycles. The average molecular weight is 320 g/mol. The Hall–Kier alpha value is -1.50. The first kappa shape index (κ1) is 15.4. The molecule has 4 nitrogen and oxygen atoms in total. The van der Waals surface area contributed by atoms with Crippen LogP contribution in [0.15, 0.2) is 30.5 Å². The van der Waals surface area contributed by atoms with Gasteiger partial charge in [-0.25, -0.2) is 9.37 Å². The van der Waals surface area contributed by atoms with E-state index in [4.69, 9.17) is 5.73 Å². The summed E-state index contributed by atoms with van der Waals surface area (Å²) < 4.78 is 13.0. The normalized spacial score (nSPS) is 17.5. The molecule has 0 atom stereocenters. The van der Waals surface area contributed by atoms with Gasteiger partial charge < -0.3 is 5.73 Å². The zero-order chi connectivity index (χ0) is 15.4. The SMILES string of the molecule is Nc1ncc(CN2CCCN(Cc3ccc(F)cc3)CC2)s1. The van der Waals surface area contributed by atoms with Crippen molar-refractivity contribution in [1.82, 2.24) is 14.8 Å². The van der Waals surface area contributed by atoms with Gasteiger partial charge in [0.1, 0.15) is 5.82 Å². The van der Waals surface area contributed by atoms with Crippen LogP contribution in [0.3, 0.4) is 0 Å². The highest BCUT2D eigenvalue weighted by Crippen LogP contribution is 2.18. The summed E-state index contributed by atoms with van der Waals surface area (Å²) >= 11 is 1.57. The Labute approximate surface area is 134 Å². The molecule has 1 saturated heterocycles. The molecule has 118 valence electrons. The fourth-order valence-electron chi connectivity index (χ4n) is 2.80. The van der Waals surface area contributed by atoms with E-state index >= 15 is 0 Å². The lowest BCUT2D eigenvalue weighted by Crippen LogP contribution is -2.30. The van der Waals surface area contributed by atoms with Crippen LogP contribution in [0.1, 0.15) is 16.9 Å². The Balaban J connectivity index is 1.52. The van der Waals surface area contributed by atoms with E-state index in [0.717, 1.165) is 45.7 Å². The van der Waals surface area contributed by atoms with Crippen LogP contribution in [-0.4, -0.2) is 41.0 Å². The quantitative estimate of drug-likeness (QED) is 0.940. The molecule has 2 heterocycles. The molecule has 6 heteroatoms. The smallest absolute Gasteiger partial charge is 0.180 e. The molecule has 2 N–H and O–H groups in total. The Bertz CT molecular complexity index is 598. The number of anilines is 1. The third-order valence-corrected chi connectivity index (χ3v) is 4.76. The minimum atomic E-state index is -0.172. The monoisotopic (exact) mass is 320 g/mol. The Kier molecular flexibility index (Phi) is 5.02. The van der Waals surface area contributed by atoms with Gasteiger partial charge in [0.15, 0.2) is 5.13 Å². The number of nitrogen functional groups attached to an aromatic ring is 1. The first-order valence-electron chi connectivity index (χ1n) is 7.58. The largest absolute Gasteiger partial charge is 0.375 e. The lowest BCUT2D eigenvalue weighted by molar-refractivity contribution is 0.248. The van der Waals surface area contributed by atoms with Gasteiger partial charge in [0, 0.05) is 37.3 Å². The number of aromatic nitrogens is 1. The number of halogens is 1. The Morgan fingerprint density at radius 3 is 2.36 bits per heavy atom. The molecule has 0 spiro atoms. The molecule has 3 rings (SSSR count). The van der Waals surface area contributed by atoms with Gasteiger partial charge in [-0.3, -0.25) is 9.80 Å². The molecule has 1 aromatic carbocycles. The van der Waals surface area contributed by atoms with E-state index in [0.29, 0.717) is 5.13 Å². The standard InChI is InChI=1S/C16H21FN4S/c17-14-4-2-13(3-5-14)11-20-6-1-7-21(9-8-20)12-15-10-19-16(18)22-15/h2-5,10H,1,6-9,11-12H2,(H2,18,19). The van der Waals surface area contributed by atoms with Gasteiger partial charge in [0.05, 0.1) is 0 Å². The third-order valence-electron chi connectivity index (χ3n) is 3.95. The summed E-state index contributed by atoms with van der Waals surface area (Å²) in [6.45, 7) is 6.07. The van der Waals surface area contributed by atoms with Gasteiger partial charge in [-0.05, 0) is 37.2 Å². The van der Waals surface area contributed by atoms with Crippen LogP contribution in [0, 0.1) is 5.82 Å². The van der Waals surface area contributed by atoms with E-state index in [1.54, 1.807) is 11.3 Å². The Morgan fingerprint density at radius 1 is 1.05 bits per heavy atom. The van der Waals surface area contributed by atoms with Crippen LogP contribution in [-0.2, 0) is 13.1 Å². The Morgan fingerprint density at radius 2 is 1.73 bits per heavy atom. The van der Waals surface area contributed by atoms with Gasteiger partial charge >= 0.3 is 0 Å². The topological polar surface area (TPSA) is 45.4 Å². The first-order chi connectivity index (χ1) is 10.7. The number of rotatable bonds is 4. The maximum absolute atomic E-state index is 13.0. The third kappa shape index (κ3) is 4.25. The zero-order valence-electron chi connectivity index (χ0n) is 12.5. The summed E-state index contributed by atoms with van der Waals surface area (Å²) in [7, 11) is 0. The maximum Gasteiger partial charge on any atom is 0.180 e. The molecule has 1 fully saturated rings. The molecule has 1 aliphatic heterocycles. The molecular formula is C16H21FN4S. The highest BCUT2D eigenvalue weighted by molar-refractivity contribution is 7.15. The minimum absolute atomic E-state index is 0.172. The van der Waals surface area contributed by atoms with Crippen LogP contribution in [0.2, 0.25) is 0 Å². The molecule has 1 aliphatic rings. The molecule has 2 aromatic rings. The van der Waals surface area contributed by atoms with Gasteiger partial charge in [0.2, 0.25) is 0 Å². The van der Waals surface area contributed by atoms with Gasteiger partial charge in [-0.2, -0.15) is 0 Å². The number of hydrogen-bond acceptors (Lipinski definition) is 5. The van der Waals surface area contributed by atoms with E-state index in [1.807, 2.05) is 18.3 Å². The molecule has 0 amide bonds. The molecule has 0 aliphatic carbocycles. The predicted octanol–water partition coefficient (Wildman–Crippen LogP) is 2.57. The van der Waals surface area contributed by atoms with Gasteiger partial charge in [-0.1, -0.05) is 12.1 Å². The fourth-order valence-corrected chi connectivity index (χ4v) is 3.53. The van der Waals surface area contributed by atoms with Crippen molar-refractivity contribution < 1.29 is 4.39 Å². The van der Waals surface area contributed by atoms with E-state index in [-0.39, 0.29) is 5.82 Å². The van der Waals surface area contributed by atoms with Crippen molar-refractivity contribution in [1.29, 1.82) is 0 Å². The van der Waals surface area contributed by atoms with Gasteiger partial charge in [-0.15, -0.1) is 11.3 Å². The summed E-state index contributed by atoms with van der Waals surface area (Å²) in [4.78, 5) is 10.2. The van der Waals surface area contributed by atoms with Crippen molar-refractivity contribution in [3.05, 3.63) is 46.7 Å². The van der Waals surface area contributed by atoms with Gasteiger partial charge in [0.25, 0.3) is 0 Å². The van der Waals surface area contributed by atoms with Crippen LogP contribution in [0.25, 0.3) is 0 Å². The number of hydrogen-bond donors (Lipinski definition) is 1. The van der Waals surface area contributed by atoms with Crippen molar-refractivity contribution >= 4 is 16.5 Å². The van der Waals surface area contributed by atoms with Crippen molar-refractivity contribution in [2.75, 3.05) is 31.9 Å². The lowest BCUT2D eigenvalue weighted by Gasteiger charge is -2.21. The second-order valence-electron chi connectivity index (χ2n) is 5.70. The summed E-state index contributed by atoms with van der Waals surface area (Å²) in [5, 5.41) is 0.641. The number of thiazole rings is 1. The van der Waals surface area contributed by atoms with Crippen molar-refractivity contribution in [3.8, 4) is 0 Å². The van der Waals surface area contributed by atoms with Crippen LogP contribution in [0.4, 0.5) is 9.52 Å². The predicted molar refractivity (Wildman–Crippen MR) is 88.1 cm³/mol. The fraction of sp³-hybridized carbons (Fsp3) is 0.438. The maximum atomic E-state index is 13.0. The summed E-state index contributed by atoms with van der Waals surface area (Å²) in [6.07, 6.45) is 3.02.